The van der Waals surface area contributed by atoms with Gasteiger partial charge < -0.3 is 4.74 Å². The number of carbonyl (C=O) groups is 2. The number of benzene rings is 2. The van der Waals surface area contributed by atoms with Crippen molar-refractivity contribution in [3.63, 3.8) is 0 Å². The molecule has 0 fully saturated rings. The number of rotatable bonds is 6. The van der Waals surface area contributed by atoms with Crippen molar-refractivity contribution in [2.45, 2.75) is 12.8 Å². The predicted molar refractivity (Wildman–Crippen MR) is 97.0 cm³/mol. The molecule has 0 aliphatic rings. The zero-order valence-electron chi connectivity index (χ0n) is 14.9. The van der Waals surface area contributed by atoms with Crippen LogP contribution in [0.25, 0.3) is 10.9 Å². The second kappa shape index (κ2) is 8.08. The van der Waals surface area contributed by atoms with E-state index in [1.54, 1.807) is 31.3 Å². The molecule has 0 aliphatic heterocycles. The molecular weight excluding hydrogens is 370 g/mol. The third kappa shape index (κ3) is 4.11. The second-order valence-electron chi connectivity index (χ2n) is 6.12. The molecule has 0 bridgehead atoms. The first kappa shape index (κ1) is 19.3. The summed E-state index contributed by atoms with van der Waals surface area (Å²) in [6.45, 7) is -0.589. The number of hydrogen-bond donors (Lipinski definition) is 0. The molecule has 3 aromatic rings. The summed E-state index contributed by atoms with van der Waals surface area (Å²) in [7, 11) is 1.56. The molecule has 0 saturated heterocycles. The van der Waals surface area contributed by atoms with E-state index in [1.165, 1.54) is 4.57 Å². The van der Waals surface area contributed by atoms with Gasteiger partial charge in [-0.1, -0.05) is 12.1 Å². The van der Waals surface area contributed by atoms with E-state index in [0.29, 0.717) is 16.7 Å². The van der Waals surface area contributed by atoms with Crippen LogP contribution in [0.15, 0.2) is 47.3 Å². The quantitative estimate of drug-likeness (QED) is 0.481. The van der Waals surface area contributed by atoms with Crippen LogP contribution in [0.5, 0.6) is 0 Å². The van der Waals surface area contributed by atoms with Crippen molar-refractivity contribution in [3.8, 4) is 0 Å². The third-order valence-electron chi connectivity index (χ3n) is 4.23. The van der Waals surface area contributed by atoms with Gasteiger partial charge in [-0.25, -0.2) is 13.8 Å². The lowest BCUT2D eigenvalue weighted by molar-refractivity contribution is -0.142. The summed E-state index contributed by atoms with van der Waals surface area (Å²) >= 11 is 0. The van der Waals surface area contributed by atoms with Crippen molar-refractivity contribution in [1.82, 2.24) is 9.55 Å². The Morgan fingerprint density at radius 2 is 1.86 bits per heavy atom. The lowest BCUT2D eigenvalue weighted by Gasteiger charge is -2.09. The van der Waals surface area contributed by atoms with Gasteiger partial charge >= 0.3 is 5.97 Å². The molecule has 144 valence electrons. The van der Waals surface area contributed by atoms with Crippen LogP contribution in [0.2, 0.25) is 0 Å². The summed E-state index contributed by atoms with van der Waals surface area (Å²) in [4.78, 5) is 40.5. The van der Waals surface area contributed by atoms with Crippen molar-refractivity contribution in [2.75, 3.05) is 6.61 Å². The van der Waals surface area contributed by atoms with Crippen molar-refractivity contribution in [1.29, 1.82) is 0 Å². The highest BCUT2D eigenvalue weighted by Gasteiger charge is 2.14. The summed E-state index contributed by atoms with van der Waals surface area (Å²) in [6.07, 6.45) is 0.0540. The Kier molecular flexibility index (Phi) is 5.58. The molecular formula is C20H16F2N2O4. The number of aryl methyl sites for hydroxylation is 1. The van der Waals surface area contributed by atoms with E-state index in [1.807, 2.05) is 0 Å². The highest BCUT2D eigenvalue weighted by Crippen LogP contribution is 2.11. The Morgan fingerprint density at radius 1 is 1.11 bits per heavy atom. The Morgan fingerprint density at radius 3 is 2.61 bits per heavy atom. The zero-order valence-corrected chi connectivity index (χ0v) is 14.9. The second-order valence-corrected chi connectivity index (χ2v) is 6.12. The normalized spacial score (nSPS) is 10.8. The Hall–Kier alpha value is -3.42. The standard InChI is InChI=1S/C20H16F2N2O4/c1-24-18(23-16-5-3-2-4-13(16)20(24)27)8-9-19(26)28-11-17(25)12-6-7-14(21)15(22)10-12/h2-7,10H,8-9,11H2,1H3. The first-order valence-corrected chi connectivity index (χ1v) is 8.45. The molecule has 6 nitrogen and oxygen atoms in total. The van der Waals surface area contributed by atoms with Gasteiger partial charge in [-0.15, -0.1) is 0 Å². The van der Waals surface area contributed by atoms with E-state index in [-0.39, 0.29) is 24.0 Å². The van der Waals surface area contributed by atoms with Gasteiger partial charge in [0.25, 0.3) is 5.56 Å². The number of para-hydroxylation sites is 1. The summed E-state index contributed by atoms with van der Waals surface area (Å²) in [5.74, 6) is -3.13. The van der Waals surface area contributed by atoms with Gasteiger partial charge in [-0.05, 0) is 30.3 Å². The van der Waals surface area contributed by atoms with E-state index in [2.05, 4.69) is 4.98 Å². The lowest BCUT2D eigenvalue weighted by Crippen LogP contribution is -2.23. The molecule has 28 heavy (non-hydrogen) atoms. The summed E-state index contributed by atoms with van der Waals surface area (Å²) in [5.41, 5.74) is 0.218. The van der Waals surface area contributed by atoms with E-state index in [0.717, 1.165) is 18.2 Å². The number of Topliss-reactive ketones (excluding diaryl/α,β-unsaturated/α-hetero) is 1. The van der Waals surface area contributed by atoms with Crippen LogP contribution >= 0.6 is 0 Å². The maximum Gasteiger partial charge on any atom is 0.306 e. The monoisotopic (exact) mass is 386 g/mol. The van der Waals surface area contributed by atoms with Gasteiger partial charge in [-0.3, -0.25) is 19.0 Å². The van der Waals surface area contributed by atoms with Crippen molar-refractivity contribution in [3.05, 3.63) is 75.8 Å². The molecule has 0 N–H and O–H groups in total. The van der Waals surface area contributed by atoms with Gasteiger partial charge in [0, 0.05) is 19.0 Å². The molecule has 2 aromatic carbocycles. The molecule has 0 saturated carbocycles. The van der Waals surface area contributed by atoms with Gasteiger partial charge in [-0.2, -0.15) is 0 Å². The number of fused-ring (bicyclic) bond motifs is 1. The van der Waals surface area contributed by atoms with Crippen LogP contribution in [0.1, 0.15) is 22.6 Å². The number of hydrogen-bond acceptors (Lipinski definition) is 5. The highest BCUT2D eigenvalue weighted by atomic mass is 19.2. The van der Waals surface area contributed by atoms with Crippen LogP contribution < -0.4 is 5.56 Å². The molecule has 0 spiro atoms. The third-order valence-corrected chi connectivity index (χ3v) is 4.23. The average molecular weight is 386 g/mol. The smallest absolute Gasteiger partial charge is 0.306 e. The minimum atomic E-state index is -1.15. The average Bonchev–Trinajstić information content (AvgIpc) is 2.69. The largest absolute Gasteiger partial charge is 0.457 e. The van der Waals surface area contributed by atoms with E-state index >= 15 is 0 Å². The minimum Gasteiger partial charge on any atom is -0.457 e. The molecule has 8 heteroatoms. The number of ketones is 1. The van der Waals surface area contributed by atoms with E-state index in [9.17, 15) is 23.2 Å². The van der Waals surface area contributed by atoms with Gasteiger partial charge in [0.1, 0.15) is 5.82 Å². The number of aromatic nitrogens is 2. The van der Waals surface area contributed by atoms with Crippen LogP contribution in [0.3, 0.4) is 0 Å². The minimum absolute atomic E-state index is 0.0923. The predicted octanol–water partition coefficient (Wildman–Crippen LogP) is 2.57. The Bertz CT molecular complexity index is 1120. The van der Waals surface area contributed by atoms with Gasteiger partial charge in [0.05, 0.1) is 17.3 Å². The van der Waals surface area contributed by atoms with Crippen molar-refractivity contribution in [2.24, 2.45) is 7.05 Å². The fourth-order valence-electron chi connectivity index (χ4n) is 2.67. The summed E-state index contributed by atoms with van der Waals surface area (Å²) < 4.78 is 32.3. The molecule has 0 amide bonds. The van der Waals surface area contributed by atoms with Crippen molar-refractivity contribution >= 4 is 22.7 Å². The van der Waals surface area contributed by atoms with Crippen LogP contribution in [0.4, 0.5) is 8.78 Å². The summed E-state index contributed by atoms with van der Waals surface area (Å²) in [5, 5.41) is 0.480. The first-order chi connectivity index (χ1) is 13.4. The fourth-order valence-corrected chi connectivity index (χ4v) is 2.67. The summed E-state index contributed by atoms with van der Waals surface area (Å²) in [6, 6.07) is 9.58. The molecule has 3 rings (SSSR count). The molecule has 0 radical (unpaired) electrons. The SMILES string of the molecule is Cn1c(CCC(=O)OCC(=O)c2ccc(F)c(F)c2)nc2ccccc2c1=O. The highest BCUT2D eigenvalue weighted by molar-refractivity contribution is 5.97. The molecule has 0 atom stereocenters. The number of carbonyl (C=O) groups excluding carboxylic acids is 2. The Balaban J connectivity index is 1.61. The van der Waals surface area contributed by atoms with Crippen LogP contribution in [-0.4, -0.2) is 27.9 Å². The first-order valence-electron chi connectivity index (χ1n) is 8.45. The molecule has 1 heterocycles. The molecule has 0 unspecified atom stereocenters. The molecule has 0 aliphatic carbocycles. The van der Waals surface area contributed by atoms with Crippen molar-refractivity contribution < 1.29 is 23.1 Å². The number of nitrogens with zero attached hydrogens (tertiary/aromatic N) is 2. The van der Waals surface area contributed by atoms with Gasteiger partial charge in [0.2, 0.25) is 0 Å². The molecule has 1 aromatic heterocycles. The number of ether oxygens (including phenoxy) is 1. The van der Waals surface area contributed by atoms with E-state index < -0.39 is 30.0 Å². The van der Waals surface area contributed by atoms with Crippen LogP contribution in [0, 0.1) is 11.6 Å². The zero-order chi connectivity index (χ0) is 20.3. The maximum absolute atomic E-state index is 13.2. The van der Waals surface area contributed by atoms with Crippen LogP contribution in [-0.2, 0) is 23.0 Å². The topological polar surface area (TPSA) is 78.3 Å². The number of halogens is 2. The Labute approximate surface area is 158 Å². The lowest BCUT2D eigenvalue weighted by atomic mass is 10.1. The number of esters is 1. The van der Waals surface area contributed by atoms with Gasteiger partial charge in [0.15, 0.2) is 24.0 Å². The van der Waals surface area contributed by atoms with E-state index in [4.69, 9.17) is 4.74 Å². The maximum atomic E-state index is 13.2. The fraction of sp³-hybridized carbons (Fsp3) is 0.200.